The first-order chi connectivity index (χ1) is 14.6. The molecule has 1 aliphatic rings. The normalized spacial score (nSPS) is 12.0. The molecule has 0 aliphatic carbocycles. The summed E-state index contributed by atoms with van der Waals surface area (Å²) in [4.78, 5) is 27.0. The van der Waals surface area contributed by atoms with Crippen molar-refractivity contribution >= 4 is 5.91 Å². The zero-order chi connectivity index (χ0) is 20.9. The highest BCUT2D eigenvalue weighted by molar-refractivity contribution is 5.76. The molecule has 2 N–H and O–H groups in total. The van der Waals surface area contributed by atoms with Gasteiger partial charge in [0.2, 0.25) is 12.7 Å². The second-order valence-electron chi connectivity index (χ2n) is 6.82. The number of halogens is 1. The van der Waals surface area contributed by atoms with Gasteiger partial charge < -0.3 is 19.8 Å². The van der Waals surface area contributed by atoms with Gasteiger partial charge in [-0.1, -0.05) is 18.2 Å². The number of carbonyl (C=O) groups is 1. The summed E-state index contributed by atoms with van der Waals surface area (Å²) >= 11 is 0. The van der Waals surface area contributed by atoms with E-state index >= 15 is 0 Å². The summed E-state index contributed by atoms with van der Waals surface area (Å²) in [6.07, 6.45) is 0.652. The molecule has 4 rings (SSSR count). The lowest BCUT2D eigenvalue weighted by Crippen LogP contribution is -2.25. The number of rotatable bonds is 7. The summed E-state index contributed by atoms with van der Waals surface area (Å²) in [6, 6.07) is 11.4. The highest BCUT2D eigenvalue weighted by Gasteiger charge is 2.14. The summed E-state index contributed by atoms with van der Waals surface area (Å²) in [7, 11) is 0. The van der Waals surface area contributed by atoms with Crippen LogP contribution in [-0.4, -0.2) is 27.9 Å². The number of fused-ring (bicyclic) bond motifs is 1. The van der Waals surface area contributed by atoms with Crippen LogP contribution in [0.5, 0.6) is 11.5 Å². The molecule has 8 nitrogen and oxygen atoms in total. The Morgan fingerprint density at radius 3 is 2.63 bits per heavy atom. The number of nitrogens with zero attached hydrogens (tertiary/aromatic N) is 2. The van der Waals surface area contributed by atoms with Gasteiger partial charge in [0.05, 0.1) is 0 Å². The number of hydrogen-bond donors (Lipinski definition) is 2. The van der Waals surface area contributed by atoms with Crippen LogP contribution in [0.4, 0.5) is 4.39 Å². The van der Waals surface area contributed by atoms with Crippen LogP contribution in [0.3, 0.4) is 0 Å². The Hall–Kier alpha value is -3.75. The number of aryl methyl sites for hydroxylation is 1. The molecule has 1 aromatic heterocycles. The summed E-state index contributed by atoms with van der Waals surface area (Å²) in [5.74, 6) is 1.20. The van der Waals surface area contributed by atoms with E-state index in [0.29, 0.717) is 23.7 Å². The molecule has 3 aromatic rings. The fraction of sp³-hybridized carbons (Fsp3) is 0.238. The number of carbonyl (C=O) groups excluding carboxylic acids is 1. The quantitative estimate of drug-likeness (QED) is 0.616. The van der Waals surface area contributed by atoms with Crippen LogP contribution in [0, 0.1) is 5.82 Å². The Labute approximate surface area is 171 Å². The Morgan fingerprint density at radius 2 is 1.83 bits per heavy atom. The number of benzene rings is 2. The minimum atomic E-state index is -0.368. The van der Waals surface area contributed by atoms with Gasteiger partial charge in [-0.15, -0.1) is 10.2 Å². The van der Waals surface area contributed by atoms with Gasteiger partial charge in [-0.2, -0.15) is 0 Å². The third kappa shape index (κ3) is 4.80. The molecule has 2 heterocycles. The molecule has 30 heavy (non-hydrogen) atoms. The minimum absolute atomic E-state index is 0.0977. The van der Waals surface area contributed by atoms with Gasteiger partial charge in [-0.05, 0) is 35.4 Å². The number of ether oxygens (including phenoxy) is 2. The monoisotopic (exact) mass is 410 g/mol. The molecule has 0 radical (unpaired) electrons. The number of H-pyrrole nitrogens is 1. The van der Waals surface area contributed by atoms with Crippen LogP contribution in [0.25, 0.3) is 0 Å². The Morgan fingerprint density at radius 1 is 1.07 bits per heavy atom. The van der Waals surface area contributed by atoms with Crippen molar-refractivity contribution in [3.8, 4) is 11.5 Å². The highest BCUT2D eigenvalue weighted by atomic mass is 19.1. The van der Waals surface area contributed by atoms with Gasteiger partial charge in [0.1, 0.15) is 17.3 Å². The van der Waals surface area contributed by atoms with Crippen molar-refractivity contribution in [2.75, 3.05) is 6.79 Å². The van der Waals surface area contributed by atoms with Crippen LogP contribution >= 0.6 is 0 Å². The number of hydrogen-bond acceptors (Lipinski definition) is 6. The first kappa shape index (κ1) is 19.6. The van der Waals surface area contributed by atoms with E-state index in [2.05, 4.69) is 20.5 Å². The zero-order valence-corrected chi connectivity index (χ0v) is 16.0. The standard InChI is InChI=1S/C21H19FN4O4/c22-15-4-1-13(2-5-15)11-23-20(27)8-6-16-21(28)24-19(26-25-16)10-14-3-7-17-18(9-14)30-12-29-17/h1-5,7,9H,6,8,10-12H2,(H,23,27)(H,24,26,28). The largest absolute Gasteiger partial charge is 0.454 e. The number of aromatic nitrogens is 3. The highest BCUT2D eigenvalue weighted by Crippen LogP contribution is 2.32. The summed E-state index contributed by atoms with van der Waals surface area (Å²) in [6.45, 7) is 0.483. The summed E-state index contributed by atoms with van der Waals surface area (Å²) in [5.41, 5.74) is 1.51. The van der Waals surface area contributed by atoms with Crippen LogP contribution in [-0.2, 0) is 24.2 Å². The zero-order valence-electron chi connectivity index (χ0n) is 16.0. The summed E-state index contributed by atoms with van der Waals surface area (Å²) in [5, 5.41) is 10.8. The minimum Gasteiger partial charge on any atom is -0.454 e. The topological polar surface area (TPSA) is 106 Å². The lowest BCUT2D eigenvalue weighted by Gasteiger charge is -2.06. The second-order valence-corrected chi connectivity index (χ2v) is 6.82. The van der Waals surface area contributed by atoms with Crippen molar-refractivity contribution in [2.24, 2.45) is 0 Å². The molecule has 154 valence electrons. The SMILES string of the molecule is O=C(CCc1nnc(Cc2ccc3c(c2)OCO3)[nH]c1=O)NCc1ccc(F)cc1. The van der Waals surface area contributed by atoms with Gasteiger partial charge in [0.25, 0.3) is 5.56 Å². The summed E-state index contributed by atoms with van der Waals surface area (Å²) < 4.78 is 23.5. The van der Waals surface area contributed by atoms with Gasteiger partial charge in [-0.25, -0.2) is 4.39 Å². The molecule has 0 atom stereocenters. The first-order valence-electron chi connectivity index (χ1n) is 9.41. The van der Waals surface area contributed by atoms with Crippen LogP contribution < -0.4 is 20.3 Å². The molecular weight excluding hydrogens is 391 g/mol. The Kier molecular flexibility index (Phi) is 5.69. The van der Waals surface area contributed by atoms with Crippen molar-refractivity contribution in [1.82, 2.24) is 20.5 Å². The van der Waals surface area contributed by atoms with Gasteiger partial charge in [0.15, 0.2) is 11.5 Å². The van der Waals surface area contributed by atoms with E-state index in [4.69, 9.17) is 9.47 Å². The fourth-order valence-electron chi connectivity index (χ4n) is 3.00. The van der Waals surface area contributed by atoms with Crippen molar-refractivity contribution in [3.63, 3.8) is 0 Å². The smallest absolute Gasteiger partial charge is 0.272 e. The molecule has 9 heteroatoms. The Bertz CT molecular complexity index is 1110. The van der Waals surface area contributed by atoms with E-state index in [0.717, 1.165) is 11.1 Å². The molecule has 0 unspecified atom stereocenters. The maximum absolute atomic E-state index is 12.9. The van der Waals surface area contributed by atoms with Crippen molar-refractivity contribution in [3.05, 3.63) is 81.3 Å². The van der Waals surface area contributed by atoms with Gasteiger partial charge in [0, 0.05) is 25.8 Å². The van der Waals surface area contributed by atoms with Crippen molar-refractivity contribution in [2.45, 2.75) is 25.8 Å². The average molecular weight is 410 g/mol. The third-order valence-corrected chi connectivity index (χ3v) is 4.61. The van der Waals surface area contributed by atoms with Gasteiger partial charge in [-0.3, -0.25) is 9.59 Å². The van der Waals surface area contributed by atoms with E-state index < -0.39 is 0 Å². The molecule has 1 aliphatic heterocycles. The van der Waals surface area contributed by atoms with E-state index in [9.17, 15) is 14.0 Å². The predicted octanol–water partition coefficient (Wildman–Crippen LogP) is 1.87. The van der Waals surface area contributed by atoms with E-state index in [1.54, 1.807) is 12.1 Å². The van der Waals surface area contributed by atoms with E-state index in [1.807, 2.05) is 18.2 Å². The molecular formula is C21H19FN4O4. The first-order valence-corrected chi connectivity index (χ1v) is 9.41. The molecule has 0 spiro atoms. The second kappa shape index (κ2) is 8.73. The predicted molar refractivity (Wildman–Crippen MR) is 105 cm³/mol. The molecule has 2 aromatic carbocycles. The fourth-order valence-corrected chi connectivity index (χ4v) is 3.00. The van der Waals surface area contributed by atoms with E-state index in [1.165, 1.54) is 12.1 Å². The lowest BCUT2D eigenvalue weighted by molar-refractivity contribution is -0.121. The number of amides is 1. The van der Waals surface area contributed by atoms with Gasteiger partial charge >= 0.3 is 0 Å². The molecule has 1 amide bonds. The van der Waals surface area contributed by atoms with Crippen molar-refractivity contribution in [1.29, 1.82) is 0 Å². The molecule has 0 saturated carbocycles. The number of aromatic amines is 1. The Balaban J connectivity index is 1.30. The van der Waals surface area contributed by atoms with Crippen LogP contribution in [0.1, 0.15) is 29.1 Å². The number of nitrogens with one attached hydrogen (secondary N) is 2. The molecule has 0 fully saturated rings. The average Bonchev–Trinajstić information content (AvgIpc) is 3.21. The van der Waals surface area contributed by atoms with Crippen LogP contribution in [0.2, 0.25) is 0 Å². The van der Waals surface area contributed by atoms with Crippen molar-refractivity contribution < 1.29 is 18.7 Å². The third-order valence-electron chi connectivity index (χ3n) is 4.61. The maximum atomic E-state index is 12.9. The maximum Gasteiger partial charge on any atom is 0.272 e. The van der Waals surface area contributed by atoms with E-state index in [-0.39, 0.29) is 49.2 Å². The molecule has 0 bridgehead atoms. The molecule has 0 saturated heterocycles. The van der Waals surface area contributed by atoms with Crippen LogP contribution in [0.15, 0.2) is 47.3 Å². The lowest BCUT2D eigenvalue weighted by atomic mass is 10.1.